The molecule has 2 N–H and O–H groups in total. The molecule has 0 saturated carbocycles. The molecule has 3 rings (SSSR count). The summed E-state index contributed by atoms with van der Waals surface area (Å²) in [7, 11) is 5.44. The Bertz CT molecular complexity index is 809. The third-order valence-electron chi connectivity index (χ3n) is 5.55. The van der Waals surface area contributed by atoms with E-state index < -0.39 is 6.10 Å². The number of nitrogens with one attached hydrogen (secondary N) is 1. The molecule has 0 bridgehead atoms. The van der Waals surface area contributed by atoms with E-state index in [9.17, 15) is 5.11 Å². The Morgan fingerprint density at radius 2 is 1.71 bits per heavy atom. The lowest BCUT2D eigenvalue weighted by Crippen LogP contribution is -2.47. The number of benzene rings is 2. The first kappa shape index (κ1) is 23.3. The highest BCUT2D eigenvalue weighted by Crippen LogP contribution is 2.25. The van der Waals surface area contributed by atoms with Crippen LogP contribution in [0, 0.1) is 0 Å². The highest BCUT2D eigenvalue weighted by atomic mass is 16.5. The molecule has 2 aromatic rings. The molecule has 1 aliphatic heterocycles. The fourth-order valence-electron chi connectivity index (χ4n) is 3.63. The van der Waals surface area contributed by atoms with E-state index in [-0.39, 0.29) is 6.61 Å². The minimum absolute atomic E-state index is 0.252. The number of hydrogen-bond donors (Lipinski definition) is 2. The second kappa shape index (κ2) is 11.9. The molecule has 7 nitrogen and oxygen atoms in total. The molecule has 0 aliphatic carbocycles. The molecule has 0 aromatic heterocycles. The van der Waals surface area contributed by atoms with Gasteiger partial charge in [0.25, 0.3) is 0 Å². The number of aliphatic hydroxyl groups is 1. The van der Waals surface area contributed by atoms with Crippen LogP contribution in [0.3, 0.4) is 0 Å². The molecule has 1 aliphatic rings. The molecule has 7 heteroatoms. The first-order chi connectivity index (χ1) is 15.1. The van der Waals surface area contributed by atoms with Gasteiger partial charge in [-0.15, -0.1) is 0 Å². The van der Waals surface area contributed by atoms with Crippen molar-refractivity contribution in [3.63, 3.8) is 0 Å². The lowest BCUT2D eigenvalue weighted by molar-refractivity contribution is 0.0501. The maximum atomic E-state index is 10.5. The minimum Gasteiger partial charge on any atom is -0.497 e. The lowest BCUT2D eigenvalue weighted by Gasteiger charge is -2.33. The van der Waals surface area contributed by atoms with Crippen LogP contribution in [0.4, 0.5) is 0 Å². The summed E-state index contributed by atoms with van der Waals surface area (Å²) in [6.45, 7) is 6.26. The number of nitrogens with zero attached hydrogens (tertiary/aromatic N) is 2. The third kappa shape index (κ3) is 7.40. The van der Waals surface area contributed by atoms with Gasteiger partial charge in [-0.1, -0.05) is 18.2 Å². The standard InChI is InChI=1S/C24H35N3O4/c1-26-9-11-27(12-10-26)17-21(28)18-31-24-14-23(30-3)8-7-20(24)16-25-15-19-5-4-6-22(13-19)29-2/h4-8,13-14,21,25,28H,9-12,15-18H2,1-3H3. The molecule has 0 radical (unpaired) electrons. The van der Waals surface area contributed by atoms with Crippen molar-refractivity contribution in [3.8, 4) is 17.2 Å². The molecule has 1 saturated heterocycles. The van der Waals surface area contributed by atoms with Crippen LogP contribution in [-0.2, 0) is 13.1 Å². The van der Waals surface area contributed by atoms with Gasteiger partial charge in [0.05, 0.1) is 14.2 Å². The SMILES string of the molecule is COc1cccc(CNCc2ccc(OC)cc2OCC(O)CN2CCN(C)CC2)c1. The molecule has 170 valence electrons. The van der Waals surface area contributed by atoms with Crippen LogP contribution < -0.4 is 19.5 Å². The molecule has 2 aromatic carbocycles. The maximum Gasteiger partial charge on any atom is 0.127 e. The fourth-order valence-corrected chi connectivity index (χ4v) is 3.63. The Morgan fingerprint density at radius 1 is 0.968 bits per heavy atom. The number of methoxy groups -OCH3 is 2. The summed E-state index contributed by atoms with van der Waals surface area (Å²) in [6.07, 6.45) is -0.535. The summed E-state index contributed by atoms with van der Waals surface area (Å²) in [4.78, 5) is 4.59. The van der Waals surface area contributed by atoms with E-state index in [1.165, 1.54) is 0 Å². The van der Waals surface area contributed by atoms with Crippen LogP contribution in [0.15, 0.2) is 42.5 Å². The number of hydrogen-bond acceptors (Lipinski definition) is 7. The predicted molar refractivity (Wildman–Crippen MR) is 122 cm³/mol. The van der Waals surface area contributed by atoms with E-state index in [4.69, 9.17) is 14.2 Å². The largest absolute Gasteiger partial charge is 0.497 e. The summed E-state index contributed by atoms with van der Waals surface area (Å²) in [5.74, 6) is 2.32. The van der Waals surface area contributed by atoms with E-state index in [0.29, 0.717) is 19.6 Å². The zero-order valence-electron chi connectivity index (χ0n) is 18.8. The summed E-state index contributed by atoms with van der Waals surface area (Å²) < 4.78 is 16.7. The van der Waals surface area contributed by atoms with E-state index in [2.05, 4.69) is 28.2 Å². The second-order valence-electron chi connectivity index (χ2n) is 8.00. The van der Waals surface area contributed by atoms with Gasteiger partial charge >= 0.3 is 0 Å². The number of likely N-dealkylation sites (N-methyl/N-ethyl adjacent to an activating group) is 1. The average molecular weight is 430 g/mol. The van der Waals surface area contributed by atoms with Crippen molar-refractivity contribution in [3.05, 3.63) is 53.6 Å². The van der Waals surface area contributed by atoms with Gasteiger partial charge in [-0.2, -0.15) is 0 Å². The Hall–Kier alpha value is -2.32. The zero-order chi connectivity index (χ0) is 22.1. The van der Waals surface area contributed by atoms with Crippen molar-refractivity contribution in [2.24, 2.45) is 0 Å². The van der Waals surface area contributed by atoms with Crippen LogP contribution in [0.2, 0.25) is 0 Å². The van der Waals surface area contributed by atoms with Gasteiger partial charge in [0.2, 0.25) is 0 Å². The van der Waals surface area contributed by atoms with Crippen LogP contribution >= 0.6 is 0 Å². The molecule has 1 unspecified atom stereocenters. The normalized spacial score (nSPS) is 16.1. The van der Waals surface area contributed by atoms with Crippen molar-refractivity contribution in [2.75, 3.05) is 60.6 Å². The quantitative estimate of drug-likeness (QED) is 0.566. The Morgan fingerprint density at radius 3 is 2.45 bits per heavy atom. The van der Waals surface area contributed by atoms with E-state index in [1.807, 2.05) is 36.4 Å². The van der Waals surface area contributed by atoms with Crippen LogP contribution in [-0.4, -0.2) is 81.6 Å². The molecule has 0 amide bonds. The molecular formula is C24H35N3O4. The van der Waals surface area contributed by atoms with Crippen molar-refractivity contribution in [2.45, 2.75) is 19.2 Å². The molecule has 1 heterocycles. The van der Waals surface area contributed by atoms with Crippen molar-refractivity contribution in [1.29, 1.82) is 0 Å². The van der Waals surface area contributed by atoms with Gasteiger partial charge in [-0.05, 0) is 30.8 Å². The Balaban J connectivity index is 1.53. The van der Waals surface area contributed by atoms with Crippen molar-refractivity contribution < 1.29 is 19.3 Å². The number of aliphatic hydroxyl groups excluding tert-OH is 1. The number of ether oxygens (including phenoxy) is 3. The van der Waals surface area contributed by atoms with Gasteiger partial charge in [0.15, 0.2) is 0 Å². The summed E-state index contributed by atoms with van der Waals surface area (Å²) in [5.41, 5.74) is 2.17. The van der Waals surface area contributed by atoms with E-state index in [1.54, 1.807) is 14.2 Å². The first-order valence-corrected chi connectivity index (χ1v) is 10.8. The van der Waals surface area contributed by atoms with E-state index >= 15 is 0 Å². The summed E-state index contributed by atoms with van der Waals surface area (Å²) in [6, 6.07) is 13.8. The van der Waals surface area contributed by atoms with Gasteiger partial charge in [0, 0.05) is 57.4 Å². The predicted octanol–water partition coefficient (Wildman–Crippen LogP) is 1.98. The minimum atomic E-state index is -0.535. The Labute approximate surface area is 185 Å². The van der Waals surface area contributed by atoms with E-state index in [0.717, 1.165) is 54.6 Å². The molecule has 1 atom stereocenters. The smallest absolute Gasteiger partial charge is 0.127 e. The maximum absolute atomic E-state index is 10.5. The molecule has 31 heavy (non-hydrogen) atoms. The number of piperazine rings is 1. The Kier molecular flexibility index (Phi) is 8.97. The summed E-state index contributed by atoms with van der Waals surface area (Å²) in [5, 5.41) is 13.9. The fraction of sp³-hybridized carbons (Fsp3) is 0.500. The lowest BCUT2D eigenvalue weighted by atomic mass is 10.1. The molecule has 1 fully saturated rings. The van der Waals surface area contributed by atoms with Gasteiger partial charge in [-0.25, -0.2) is 0 Å². The molecule has 0 spiro atoms. The van der Waals surface area contributed by atoms with Gasteiger partial charge < -0.3 is 29.5 Å². The average Bonchev–Trinajstić information content (AvgIpc) is 2.80. The first-order valence-electron chi connectivity index (χ1n) is 10.8. The molecular weight excluding hydrogens is 394 g/mol. The van der Waals surface area contributed by atoms with Gasteiger partial charge in [0.1, 0.15) is 30.0 Å². The zero-order valence-corrected chi connectivity index (χ0v) is 18.8. The highest BCUT2D eigenvalue weighted by molar-refractivity contribution is 5.41. The van der Waals surface area contributed by atoms with Crippen LogP contribution in [0.5, 0.6) is 17.2 Å². The van der Waals surface area contributed by atoms with Crippen molar-refractivity contribution >= 4 is 0 Å². The third-order valence-corrected chi connectivity index (χ3v) is 5.55. The van der Waals surface area contributed by atoms with Crippen molar-refractivity contribution in [1.82, 2.24) is 15.1 Å². The van der Waals surface area contributed by atoms with Crippen LogP contribution in [0.25, 0.3) is 0 Å². The number of rotatable bonds is 11. The highest BCUT2D eigenvalue weighted by Gasteiger charge is 2.18. The summed E-state index contributed by atoms with van der Waals surface area (Å²) >= 11 is 0. The van der Waals surface area contributed by atoms with Crippen LogP contribution in [0.1, 0.15) is 11.1 Å². The number of β-amino-alcohol motifs (C(OH)–C–C–N with tert-alkyl or cyclic N) is 1. The van der Waals surface area contributed by atoms with Gasteiger partial charge in [-0.3, -0.25) is 4.90 Å². The monoisotopic (exact) mass is 429 g/mol. The topological polar surface area (TPSA) is 66.4 Å². The second-order valence-corrected chi connectivity index (χ2v) is 8.00.